The van der Waals surface area contributed by atoms with Crippen LogP contribution in [0.5, 0.6) is 0 Å². The van der Waals surface area contributed by atoms with E-state index < -0.39 is 0 Å². The Balaban J connectivity index is 1.18. The maximum Gasteiger partial charge on any atom is 0.261 e. The first-order valence-corrected chi connectivity index (χ1v) is 13.2. The molecule has 2 heterocycles. The molecule has 4 aromatic carbocycles. The lowest BCUT2D eigenvalue weighted by Crippen LogP contribution is -2.31. The minimum atomic E-state index is -0.240. The number of fused-ring (bicyclic) bond motifs is 1. The SMILES string of the molecule is O=C1c2ccc(/C=C/c3ccc(N(c4ccccc4)c4ccccc4)cc3)cc2C(=O)N1CCc1ccncc1. The van der Waals surface area contributed by atoms with Crippen molar-refractivity contribution in [2.75, 3.05) is 11.4 Å². The van der Waals surface area contributed by atoms with Crippen LogP contribution in [-0.2, 0) is 6.42 Å². The Bertz CT molecular complexity index is 1630. The lowest BCUT2D eigenvalue weighted by Gasteiger charge is -2.25. The van der Waals surface area contributed by atoms with Gasteiger partial charge in [-0.3, -0.25) is 19.5 Å². The van der Waals surface area contributed by atoms with E-state index in [9.17, 15) is 9.59 Å². The van der Waals surface area contributed by atoms with Gasteiger partial charge in [0.25, 0.3) is 11.8 Å². The molecule has 6 rings (SSSR count). The third kappa shape index (κ3) is 5.18. The van der Waals surface area contributed by atoms with E-state index in [-0.39, 0.29) is 11.8 Å². The topological polar surface area (TPSA) is 53.5 Å². The number of hydrogen-bond donors (Lipinski definition) is 0. The van der Waals surface area contributed by atoms with Gasteiger partial charge in [-0.2, -0.15) is 0 Å². The van der Waals surface area contributed by atoms with Gasteiger partial charge in [-0.1, -0.05) is 66.7 Å². The first-order chi connectivity index (χ1) is 19.7. The van der Waals surface area contributed by atoms with Crippen molar-refractivity contribution in [1.29, 1.82) is 0 Å². The molecule has 5 nitrogen and oxygen atoms in total. The van der Waals surface area contributed by atoms with E-state index in [4.69, 9.17) is 0 Å². The largest absolute Gasteiger partial charge is 0.311 e. The van der Waals surface area contributed by atoms with Crippen LogP contribution in [0, 0.1) is 0 Å². The van der Waals surface area contributed by atoms with Gasteiger partial charge in [-0.05, 0) is 83.8 Å². The summed E-state index contributed by atoms with van der Waals surface area (Å²) in [5, 5.41) is 0. The van der Waals surface area contributed by atoms with Crippen molar-refractivity contribution in [3.63, 3.8) is 0 Å². The fourth-order valence-corrected chi connectivity index (χ4v) is 4.93. The molecule has 194 valence electrons. The standard InChI is InChI=1S/C35H27N3O2/c39-34-32-18-15-28(25-33(32)35(40)37(34)24-21-27-19-22-36-23-20-27)12-11-26-13-16-31(17-14-26)38(29-7-3-1-4-8-29)30-9-5-2-6-10-30/h1-20,22-23,25H,21,24H2/b12-11+. The highest BCUT2D eigenvalue weighted by Crippen LogP contribution is 2.34. The average Bonchev–Trinajstić information content (AvgIpc) is 3.25. The fraction of sp³-hybridized carbons (Fsp3) is 0.0571. The van der Waals surface area contributed by atoms with Crippen molar-refractivity contribution in [2.45, 2.75) is 6.42 Å². The molecule has 0 saturated heterocycles. The molecule has 0 unspecified atom stereocenters. The van der Waals surface area contributed by atoms with Crippen LogP contribution in [0.25, 0.3) is 12.2 Å². The number of rotatable bonds is 8. The minimum Gasteiger partial charge on any atom is -0.311 e. The highest BCUT2D eigenvalue weighted by molar-refractivity contribution is 6.21. The predicted octanol–water partition coefficient (Wildman–Crippen LogP) is 7.56. The molecule has 0 saturated carbocycles. The monoisotopic (exact) mass is 521 g/mol. The summed E-state index contributed by atoms with van der Waals surface area (Å²) < 4.78 is 0. The second-order valence-corrected chi connectivity index (χ2v) is 9.60. The Hall–Kier alpha value is -5.29. The van der Waals surface area contributed by atoms with Crippen molar-refractivity contribution < 1.29 is 9.59 Å². The number of carbonyl (C=O) groups is 2. The van der Waals surface area contributed by atoms with Gasteiger partial charge in [0, 0.05) is 36.0 Å². The van der Waals surface area contributed by atoms with Crippen LogP contribution in [0.1, 0.15) is 37.4 Å². The molecular weight excluding hydrogens is 494 g/mol. The van der Waals surface area contributed by atoms with Crippen LogP contribution in [0.4, 0.5) is 17.1 Å². The summed E-state index contributed by atoms with van der Waals surface area (Å²) in [7, 11) is 0. The van der Waals surface area contributed by atoms with Crippen molar-refractivity contribution in [1.82, 2.24) is 9.88 Å². The molecule has 0 spiro atoms. The average molecular weight is 522 g/mol. The molecule has 0 N–H and O–H groups in total. The van der Waals surface area contributed by atoms with E-state index in [2.05, 4.69) is 58.4 Å². The maximum absolute atomic E-state index is 13.1. The Morgan fingerprint density at radius 3 is 1.80 bits per heavy atom. The van der Waals surface area contributed by atoms with Gasteiger partial charge in [-0.15, -0.1) is 0 Å². The van der Waals surface area contributed by atoms with Crippen molar-refractivity contribution >= 4 is 41.0 Å². The zero-order valence-corrected chi connectivity index (χ0v) is 21.9. The van der Waals surface area contributed by atoms with Gasteiger partial charge >= 0.3 is 0 Å². The normalized spacial score (nSPS) is 12.7. The van der Waals surface area contributed by atoms with E-state index in [1.807, 2.05) is 66.7 Å². The number of pyridine rings is 1. The van der Waals surface area contributed by atoms with Crippen LogP contribution in [0.15, 0.2) is 128 Å². The summed E-state index contributed by atoms with van der Waals surface area (Å²) in [6.45, 7) is 0.344. The van der Waals surface area contributed by atoms with Crippen molar-refractivity contribution in [3.8, 4) is 0 Å². The van der Waals surface area contributed by atoms with Gasteiger partial charge < -0.3 is 4.90 Å². The number of benzene rings is 4. The first kappa shape index (κ1) is 25.0. The first-order valence-electron chi connectivity index (χ1n) is 13.2. The quantitative estimate of drug-likeness (QED) is 0.156. The molecule has 0 fully saturated rings. The summed E-state index contributed by atoms with van der Waals surface area (Å²) in [6.07, 6.45) is 8.02. The molecule has 1 aliphatic heterocycles. The van der Waals surface area contributed by atoms with Crippen LogP contribution < -0.4 is 4.90 Å². The summed E-state index contributed by atoms with van der Waals surface area (Å²) in [4.78, 5) is 33.5. The van der Waals surface area contributed by atoms with Crippen LogP contribution in [0.3, 0.4) is 0 Å². The van der Waals surface area contributed by atoms with E-state index in [1.165, 1.54) is 4.90 Å². The van der Waals surface area contributed by atoms with Crippen LogP contribution >= 0.6 is 0 Å². The molecule has 40 heavy (non-hydrogen) atoms. The minimum absolute atomic E-state index is 0.235. The zero-order chi connectivity index (χ0) is 27.3. The summed E-state index contributed by atoms with van der Waals surface area (Å²) in [5.41, 5.74) is 7.09. The molecule has 5 heteroatoms. The fourth-order valence-electron chi connectivity index (χ4n) is 4.93. The third-order valence-electron chi connectivity index (χ3n) is 7.02. The Morgan fingerprint density at radius 1 is 0.600 bits per heavy atom. The number of anilines is 3. The highest BCUT2D eigenvalue weighted by Gasteiger charge is 2.35. The van der Waals surface area contributed by atoms with E-state index in [0.717, 1.165) is 33.8 Å². The van der Waals surface area contributed by atoms with Crippen molar-refractivity contribution in [2.24, 2.45) is 0 Å². The molecule has 0 radical (unpaired) electrons. The van der Waals surface area contributed by atoms with Crippen LogP contribution in [-0.4, -0.2) is 28.2 Å². The van der Waals surface area contributed by atoms with Gasteiger partial charge in [0.1, 0.15) is 0 Å². The van der Waals surface area contributed by atoms with Crippen LogP contribution in [0.2, 0.25) is 0 Å². The predicted molar refractivity (Wildman–Crippen MR) is 160 cm³/mol. The van der Waals surface area contributed by atoms with Crippen molar-refractivity contribution in [3.05, 3.63) is 155 Å². The lowest BCUT2D eigenvalue weighted by molar-refractivity contribution is 0.0656. The molecule has 0 atom stereocenters. The second kappa shape index (κ2) is 11.2. The number of para-hydroxylation sites is 2. The van der Waals surface area contributed by atoms with Gasteiger partial charge in [-0.25, -0.2) is 0 Å². The number of aromatic nitrogens is 1. The Labute approximate surface area is 233 Å². The zero-order valence-electron chi connectivity index (χ0n) is 21.9. The van der Waals surface area contributed by atoms with Gasteiger partial charge in [0.15, 0.2) is 0 Å². The number of amides is 2. The van der Waals surface area contributed by atoms with Gasteiger partial charge in [0.2, 0.25) is 0 Å². The summed E-state index contributed by atoms with van der Waals surface area (Å²) in [5.74, 6) is -0.475. The number of nitrogens with zero attached hydrogens (tertiary/aromatic N) is 3. The Kier molecular flexibility index (Phi) is 7.01. The van der Waals surface area contributed by atoms with Gasteiger partial charge in [0.05, 0.1) is 11.1 Å². The summed E-state index contributed by atoms with van der Waals surface area (Å²) in [6, 6.07) is 38.2. The number of hydrogen-bond acceptors (Lipinski definition) is 4. The summed E-state index contributed by atoms with van der Waals surface area (Å²) >= 11 is 0. The molecule has 0 aliphatic carbocycles. The number of imide groups is 1. The molecule has 0 bridgehead atoms. The second-order valence-electron chi connectivity index (χ2n) is 9.60. The number of carbonyl (C=O) groups excluding carboxylic acids is 2. The smallest absolute Gasteiger partial charge is 0.261 e. The van der Waals surface area contributed by atoms with E-state index in [1.54, 1.807) is 24.5 Å². The third-order valence-corrected chi connectivity index (χ3v) is 7.02. The van der Waals surface area contributed by atoms with E-state index in [0.29, 0.717) is 24.1 Å². The van der Waals surface area contributed by atoms with E-state index >= 15 is 0 Å². The molecule has 1 aromatic heterocycles. The molecule has 1 aliphatic rings. The maximum atomic E-state index is 13.1. The highest BCUT2D eigenvalue weighted by atomic mass is 16.2. The lowest BCUT2D eigenvalue weighted by atomic mass is 10.0. The molecular formula is C35H27N3O2. The molecule has 5 aromatic rings. The Morgan fingerprint density at radius 2 is 1.15 bits per heavy atom. The molecule has 2 amide bonds.